The van der Waals surface area contributed by atoms with E-state index in [1.165, 1.54) is 0 Å². The van der Waals surface area contributed by atoms with Crippen LogP contribution >= 0.6 is 22.9 Å². The number of hydrogen-bond donors (Lipinski definition) is 2. The molecule has 8 nitrogen and oxygen atoms in total. The molecule has 176 valence electrons. The Morgan fingerprint density at radius 1 is 1.06 bits per heavy atom. The Bertz CT molecular complexity index is 1240. The maximum atomic E-state index is 13.0. The van der Waals surface area contributed by atoms with Gasteiger partial charge in [0, 0.05) is 29.5 Å². The van der Waals surface area contributed by atoms with Gasteiger partial charge in [-0.25, -0.2) is 0 Å². The number of nitrogens with zero attached hydrogens (tertiary/aromatic N) is 3. The molecule has 0 aliphatic carbocycles. The van der Waals surface area contributed by atoms with Crippen LogP contribution in [0.25, 0.3) is 0 Å². The molecule has 2 N–H and O–H groups in total. The average molecular weight is 498 g/mol. The molecular formula is C24H24ClN5O3S. The van der Waals surface area contributed by atoms with E-state index in [1.807, 2.05) is 32.0 Å². The molecule has 0 radical (unpaired) electrons. The van der Waals surface area contributed by atoms with Crippen LogP contribution in [0.2, 0.25) is 5.02 Å². The van der Waals surface area contributed by atoms with Gasteiger partial charge in [-0.3, -0.25) is 14.4 Å². The van der Waals surface area contributed by atoms with Crippen LogP contribution in [-0.4, -0.2) is 45.9 Å². The van der Waals surface area contributed by atoms with Crippen molar-refractivity contribution in [2.24, 2.45) is 5.92 Å². The zero-order valence-electron chi connectivity index (χ0n) is 18.8. The maximum Gasteiger partial charge on any atom is 0.286 e. The third-order valence-corrected chi connectivity index (χ3v) is 6.76. The molecule has 1 aromatic heterocycles. The second-order valence-corrected chi connectivity index (χ2v) is 9.69. The summed E-state index contributed by atoms with van der Waals surface area (Å²) in [5.74, 6) is -1.23. The molecule has 0 spiro atoms. The molecule has 10 heteroatoms. The van der Waals surface area contributed by atoms with Gasteiger partial charge in [-0.2, -0.15) is 0 Å². The highest BCUT2D eigenvalue weighted by molar-refractivity contribution is 7.15. The third kappa shape index (κ3) is 5.60. The molecule has 2 heterocycles. The molecule has 1 fully saturated rings. The van der Waals surface area contributed by atoms with Crippen LogP contribution in [-0.2, 0) is 4.79 Å². The number of benzene rings is 2. The number of hydrogen-bond acceptors (Lipinski definition) is 6. The molecule has 4 rings (SSSR count). The summed E-state index contributed by atoms with van der Waals surface area (Å²) in [5, 5.41) is 14.2. The highest BCUT2D eigenvalue weighted by Crippen LogP contribution is 2.24. The number of piperidine rings is 1. The van der Waals surface area contributed by atoms with Gasteiger partial charge in [0.1, 0.15) is 0 Å². The Hall–Kier alpha value is -3.30. The number of amides is 3. The van der Waals surface area contributed by atoms with Crippen molar-refractivity contribution in [2.75, 3.05) is 23.7 Å². The van der Waals surface area contributed by atoms with Crippen molar-refractivity contribution in [1.29, 1.82) is 0 Å². The highest BCUT2D eigenvalue weighted by Gasteiger charge is 2.31. The summed E-state index contributed by atoms with van der Waals surface area (Å²) in [7, 11) is 0. The monoisotopic (exact) mass is 497 g/mol. The van der Waals surface area contributed by atoms with E-state index in [1.54, 1.807) is 29.2 Å². The molecule has 1 aliphatic rings. The highest BCUT2D eigenvalue weighted by atomic mass is 35.5. The molecule has 2 aromatic carbocycles. The fourth-order valence-corrected chi connectivity index (χ4v) is 4.67. The van der Waals surface area contributed by atoms with E-state index >= 15 is 0 Å². The lowest BCUT2D eigenvalue weighted by molar-refractivity contribution is -0.121. The number of carbonyl (C=O) groups is 3. The van der Waals surface area contributed by atoms with Gasteiger partial charge in [-0.1, -0.05) is 41.1 Å². The maximum absolute atomic E-state index is 13.0. The summed E-state index contributed by atoms with van der Waals surface area (Å²) in [5.41, 5.74) is 3.36. The van der Waals surface area contributed by atoms with Crippen molar-refractivity contribution in [3.8, 4) is 0 Å². The topological polar surface area (TPSA) is 104 Å². The molecule has 0 bridgehead atoms. The van der Waals surface area contributed by atoms with E-state index in [9.17, 15) is 14.4 Å². The number of likely N-dealkylation sites (tertiary alicyclic amines) is 1. The first-order valence-corrected chi connectivity index (χ1v) is 12.1. The van der Waals surface area contributed by atoms with E-state index in [0.717, 1.165) is 28.2 Å². The van der Waals surface area contributed by atoms with E-state index in [0.29, 0.717) is 36.6 Å². The summed E-state index contributed by atoms with van der Waals surface area (Å²) in [6, 6.07) is 12.6. The van der Waals surface area contributed by atoms with E-state index in [-0.39, 0.29) is 27.7 Å². The summed E-state index contributed by atoms with van der Waals surface area (Å²) in [6.45, 7) is 4.73. The van der Waals surface area contributed by atoms with Crippen molar-refractivity contribution >= 4 is 52.0 Å². The van der Waals surface area contributed by atoms with Crippen molar-refractivity contribution in [2.45, 2.75) is 26.7 Å². The minimum Gasteiger partial charge on any atom is -0.336 e. The first-order chi connectivity index (χ1) is 16.3. The number of aryl methyl sites for hydroxylation is 2. The van der Waals surface area contributed by atoms with Crippen molar-refractivity contribution in [1.82, 2.24) is 15.1 Å². The smallest absolute Gasteiger partial charge is 0.286 e. The second kappa shape index (κ2) is 10.3. The second-order valence-electron chi connectivity index (χ2n) is 8.27. The summed E-state index contributed by atoms with van der Waals surface area (Å²) in [6.07, 6.45) is 1.40. The van der Waals surface area contributed by atoms with Crippen LogP contribution in [0.5, 0.6) is 0 Å². The van der Waals surface area contributed by atoms with Gasteiger partial charge < -0.3 is 15.5 Å². The van der Waals surface area contributed by atoms with Gasteiger partial charge in [0.2, 0.25) is 15.9 Å². The summed E-state index contributed by atoms with van der Waals surface area (Å²) in [4.78, 5) is 40.0. The van der Waals surface area contributed by atoms with Crippen LogP contribution in [0.1, 0.15) is 43.6 Å². The Morgan fingerprint density at radius 3 is 2.65 bits per heavy atom. The molecular weight excluding hydrogens is 474 g/mol. The van der Waals surface area contributed by atoms with Crippen molar-refractivity contribution < 1.29 is 14.4 Å². The predicted octanol–water partition coefficient (Wildman–Crippen LogP) is 4.55. The Labute approximate surface area is 206 Å². The van der Waals surface area contributed by atoms with Crippen LogP contribution in [0.15, 0.2) is 42.5 Å². The molecule has 1 aliphatic heterocycles. The predicted molar refractivity (Wildman–Crippen MR) is 132 cm³/mol. The number of nitrogens with one attached hydrogen (secondary N) is 2. The molecule has 3 aromatic rings. The van der Waals surface area contributed by atoms with Crippen LogP contribution in [0.4, 0.5) is 11.4 Å². The van der Waals surface area contributed by atoms with Gasteiger partial charge in [0.25, 0.3) is 11.8 Å². The van der Waals surface area contributed by atoms with Gasteiger partial charge in [-0.05, 0) is 62.1 Å². The normalized spacial score (nSPS) is 15.6. The number of aromatic nitrogens is 2. The fraction of sp³-hybridized carbons (Fsp3) is 0.292. The SMILES string of the molecule is Cc1ccc(C)c(NC(=O)[C@@H]2CCCN(C(=O)c3nnc(C(=O)Nc4cccc(Cl)c4)s3)C2)c1. The molecule has 1 atom stereocenters. The van der Waals surface area contributed by atoms with Crippen LogP contribution in [0, 0.1) is 19.8 Å². The first-order valence-electron chi connectivity index (χ1n) is 10.9. The van der Waals surface area contributed by atoms with Gasteiger partial charge in [0.05, 0.1) is 5.92 Å². The average Bonchev–Trinajstić information content (AvgIpc) is 3.31. The van der Waals surface area contributed by atoms with E-state index in [4.69, 9.17) is 11.6 Å². The zero-order chi connectivity index (χ0) is 24.2. The third-order valence-electron chi connectivity index (χ3n) is 5.62. The number of halogens is 1. The number of rotatable bonds is 5. The summed E-state index contributed by atoms with van der Waals surface area (Å²) >= 11 is 6.87. The molecule has 3 amide bonds. The quantitative estimate of drug-likeness (QED) is 0.538. The number of anilines is 2. The van der Waals surface area contributed by atoms with E-state index < -0.39 is 5.91 Å². The van der Waals surface area contributed by atoms with E-state index in [2.05, 4.69) is 20.8 Å². The first kappa shape index (κ1) is 23.8. The fourth-order valence-electron chi connectivity index (χ4n) is 3.77. The number of carbonyl (C=O) groups excluding carboxylic acids is 3. The van der Waals surface area contributed by atoms with Crippen molar-refractivity contribution in [3.63, 3.8) is 0 Å². The van der Waals surface area contributed by atoms with Gasteiger partial charge in [0.15, 0.2) is 0 Å². The van der Waals surface area contributed by atoms with Gasteiger partial charge in [-0.15, -0.1) is 10.2 Å². The molecule has 1 saturated heterocycles. The van der Waals surface area contributed by atoms with Crippen LogP contribution < -0.4 is 10.6 Å². The molecule has 34 heavy (non-hydrogen) atoms. The Morgan fingerprint density at radius 2 is 1.85 bits per heavy atom. The van der Waals surface area contributed by atoms with Crippen LogP contribution in [0.3, 0.4) is 0 Å². The Kier molecular flexibility index (Phi) is 7.23. The van der Waals surface area contributed by atoms with Crippen molar-refractivity contribution in [3.05, 3.63) is 68.6 Å². The minimum absolute atomic E-state index is 0.0737. The lowest BCUT2D eigenvalue weighted by Crippen LogP contribution is -2.43. The lowest BCUT2D eigenvalue weighted by atomic mass is 9.96. The molecule has 0 saturated carbocycles. The lowest BCUT2D eigenvalue weighted by Gasteiger charge is -2.31. The standard InChI is InChI=1S/C24H24ClN5O3S/c1-14-8-9-15(2)19(11-14)27-20(31)16-5-4-10-30(13-16)24(33)23-29-28-22(34-23)21(32)26-18-7-3-6-17(25)12-18/h3,6-9,11-12,16H,4-5,10,13H2,1-2H3,(H,26,32)(H,27,31)/t16-/m1/s1. The zero-order valence-corrected chi connectivity index (χ0v) is 20.4. The minimum atomic E-state index is -0.469. The van der Waals surface area contributed by atoms with Gasteiger partial charge >= 0.3 is 0 Å². The molecule has 0 unspecified atom stereocenters. The summed E-state index contributed by atoms with van der Waals surface area (Å²) < 4.78 is 0. The Balaban J connectivity index is 1.39. The largest absolute Gasteiger partial charge is 0.336 e.